The fourth-order valence-electron chi connectivity index (χ4n) is 0.953. The van der Waals surface area contributed by atoms with Crippen LogP contribution in [0.15, 0.2) is 23.1 Å². The summed E-state index contributed by atoms with van der Waals surface area (Å²) in [6.45, 7) is 0.398. The van der Waals surface area contributed by atoms with E-state index in [1.165, 1.54) is 10.6 Å². The molecule has 0 fully saturated rings. The number of alkyl halides is 1. The average Bonchev–Trinajstić information content (AvgIpc) is 2.18. The number of amides is 1. The lowest BCUT2D eigenvalue weighted by Crippen LogP contribution is -2.27. The molecule has 0 aliphatic carbocycles. The number of nitrogens with one attached hydrogen (secondary N) is 1. The number of aryl methyl sites for hydroxylation is 1. The zero-order valence-corrected chi connectivity index (χ0v) is 8.54. The Morgan fingerprint density at radius 1 is 1.64 bits per heavy atom. The zero-order chi connectivity index (χ0) is 10.6. The zero-order valence-electron chi connectivity index (χ0n) is 7.79. The molecule has 5 heteroatoms. The van der Waals surface area contributed by atoms with E-state index in [0.717, 1.165) is 0 Å². The molecule has 0 aliphatic rings. The number of halogens is 1. The van der Waals surface area contributed by atoms with Crippen LogP contribution in [0.3, 0.4) is 0 Å². The van der Waals surface area contributed by atoms with Crippen LogP contribution in [0.25, 0.3) is 0 Å². The Morgan fingerprint density at radius 3 is 2.93 bits per heavy atom. The van der Waals surface area contributed by atoms with E-state index in [-0.39, 0.29) is 11.5 Å². The topological polar surface area (TPSA) is 51.1 Å². The summed E-state index contributed by atoms with van der Waals surface area (Å²) in [4.78, 5) is 22.5. The van der Waals surface area contributed by atoms with Gasteiger partial charge in [-0.1, -0.05) is 0 Å². The summed E-state index contributed by atoms with van der Waals surface area (Å²) in [5.41, 5.74) is 0.154. The maximum Gasteiger partial charge on any atom is 0.251 e. The Morgan fingerprint density at radius 2 is 2.36 bits per heavy atom. The molecule has 0 spiro atoms. The molecule has 1 aromatic heterocycles. The van der Waals surface area contributed by atoms with Gasteiger partial charge in [0.1, 0.15) is 0 Å². The lowest BCUT2D eigenvalue weighted by atomic mass is 10.2. The minimum atomic E-state index is -0.275. The molecule has 0 aliphatic heterocycles. The summed E-state index contributed by atoms with van der Waals surface area (Å²) < 4.78 is 1.40. The Bertz CT molecular complexity index is 387. The largest absolute Gasteiger partial charge is 0.351 e. The third-order valence-corrected chi connectivity index (χ3v) is 1.94. The maximum atomic E-state index is 11.3. The second-order valence-corrected chi connectivity index (χ2v) is 3.19. The van der Waals surface area contributed by atoms with E-state index in [4.69, 9.17) is 11.6 Å². The number of hydrogen-bond donors (Lipinski definition) is 1. The normalized spacial score (nSPS) is 9.86. The molecule has 0 unspecified atom stereocenters. The number of aromatic nitrogens is 1. The lowest BCUT2D eigenvalue weighted by Gasteiger charge is -2.03. The average molecular weight is 215 g/mol. The van der Waals surface area contributed by atoms with Gasteiger partial charge >= 0.3 is 0 Å². The van der Waals surface area contributed by atoms with Gasteiger partial charge in [0.2, 0.25) is 0 Å². The molecule has 1 amide bonds. The lowest BCUT2D eigenvalue weighted by molar-refractivity contribution is 0.0955. The van der Waals surface area contributed by atoms with Gasteiger partial charge in [-0.2, -0.15) is 0 Å². The summed E-state index contributed by atoms with van der Waals surface area (Å²) in [5.74, 6) is 0.0830. The maximum absolute atomic E-state index is 11.3. The molecule has 76 valence electrons. The first kappa shape index (κ1) is 10.8. The van der Waals surface area contributed by atoms with E-state index in [2.05, 4.69) is 5.32 Å². The molecule has 0 atom stereocenters. The first-order valence-corrected chi connectivity index (χ1v) is 4.69. The van der Waals surface area contributed by atoms with Gasteiger partial charge in [-0.25, -0.2) is 0 Å². The quantitative estimate of drug-likeness (QED) is 0.739. The number of hydrogen-bond acceptors (Lipinski definition) is 2. The molecule has 0 radical (unpaired) electrons. The second-order valence-electron chi connectivity index (χ2n) is 2.81. The van der Waals surface area contributed by atoms with Gasteiger partial charge in [0, 0.05) is 37.3 Å². The molecule has 1 N–H and O–H groups in total. The molecular formula is C9H11ClN2O2. The minimum Gasteiger partial charge on any atom is -0.351 e. The fraction of sp³-hybridized carbons (Fsp3) is 0.333. The van der Waals surface area contributed by atoms with Gasteiger partial charge in [0.25, 0.3) is 11.5 Å². The van der Waals surface area contributed by atoms with Gasteiger partial charge in [-0.15, -0.1) is 11.6 Å². The van der Waals surface area contributed by atoms with Crippen LogP contribution >= 0.6 is 11.6 Å². The monoisotopic (exact) mass is 214 g/mol. The van der Waals surface area contributed by atoms with Crippen LogP contribution in [-0.2, 0) is 7.05 Å². The van der Waals surface area contributed by atoms with Gasteiger partial charge < -0.3 is 9.88 Å². The summed E-state index contributed by atoms with van der Waals surface area (Å²) in [5, 5.41) is 2.58. The SMILES string of the molecule is Cn1ccc(C(=O)NCCCl)cc1=O. The summed E-state index contributed by atoms with van der Waals surface area (Å²) in [7, 11) is 1.63. The van der Waals surface area contributed by atoms with E-state index in [9.17, 15) is 9.59 Å². The molecule has 0 aromatic carbocycles. The molecule has 0 saturated heterocycles. The van der Waals surface area contributed by atoms with Crippen molar-refractivity contribution in [2.24, 2.45) is 7.05 Å². The van der Waals surface area contributed by atoms with Crippen molar-refractivity contribution in [3.63, 3.8) is 0 Å². The predicted molar refractivity (Wildman–Crippen MR) is 54.7 cm³/mol. The van der Waals surface area contributed by atoms with Gasteiger partial charge in [0.05, 0.1) is 0 Å². The van der Waals surface area contributed by atoms with Gasteiger partial charge in [-0.3, -0.25) is 9.59 Å². The van der Waals surface area contributed by atoms with Crippen LogP contribution in [0.4, 0.5) is 0 Å². The highest BCUT2D eigenvalue weighted by Crippen LogP contribution is 1.93. The Balaban J connectivity index is 2.81. The molecular weight excluding hydrogens is 204 g/mol. The number of rotatable bonds is 3. The summed E-state index contributed by atoms with van der Waals surface area (Å²) in [6, 6.07) is 2.88. The third kappa shape index (κ3) is 2.60. The third-order valence-electron chi connectivity index (χ3n) is 1.75. The van der Waals surface area contributed by atoms with E-state index in [1.807, 2.05) is 0 Å². The van der Waals surface area contributed by atoms with Crippen LogP contribution in [0, 0.1) is 0 Å². The fourth-order valence-corrected chi connectivity index (χ4v) is 1.05. The van der Waals surface area contributed by atoms with Crippen molar-refractivity contribution in [3.8, 4) is 0 Å². The minimum absolute atomic E-state index is 0.205. The van der Waals surface area contributed by atoms with E-state index >= 15 is 0 Å². The molecule has 1 rings (SSSR count). The van der Waals surface area contributed by atoms with Crippen LogP contribution in [0.2, 0.25) is 0 Å². The van der Waals surface area contributed by atoms with Crippen molar-refractivity contribution < 1.29 is 4.79 Å². The van der Waals surface area contributed by atoms with Crippen molar-refractivity contribution in [1.29, 1.82) is 0 Å². The van der Waals surface area contributed by atoms with E-state index in [1.54, 1.807) is 19.3 Å². The molecule has 0 bridgehead atoms. The first-order chi connectivity index (χ1) is 6.65. The number of carbonyl (C=O) groups is 1. The first-order valence-electron chi connectivity index (χ1n) is 4.16. The van der Waals surface area contributed by atoms with Crippen LogP contribution in [0.1, 0.15) is 10.4 Å². The standard InChI is InChI=1S/C9H11ClN2O2/c1-12-5-2-7(6-8(12)13)9(14)11-4-3-10/h2,5-6H,3-4H2,1H3,(H,11,14). The van der Waals surface area contributed by atoms with Crippen molar-refractivity contribution in [2.45, 2.75) is 0 Å². The van der Waals surface area contributed by atoms with Crippen molar-refractivity contribution in [3.05, 3.63) is 34.2 Å². The van der Waals surface area contributed by atoms with Crippen LogP contribution in [0.5, 0.6) is 0 Å². The Labute approximate surface area is 86.5 Å². The number of nitrogens with zero attached hydrogens (tertiary/aromatic N) is 1. The van der Waals surface area contributed by atoms with Crippen molar-refractivity contribution in [1.82, 2.24) is 9.88 Å². The molecule has 1 aromatic rings. The van der Waals surface area contributed by atoms with Gasteiger partial charge in [0.15, 0.2) is 0 Å². The predicted octanol–water partition coefficient (Wildman–Crippen LogP) is 0.354. The number of carbonyl (C=O) groups excluding carboxylic acids is 1. The van der Waals surface area contributed by atoms with Crippen LogP contribution < -0.4 is 10.9 Å². The highest BCUT2D eigenvalue weighted by Gasteiger charge is 2.04. The molecule has 1 heterocycles. The Kier molecular flexibility index (Phi) is 3.71. The Hall–Kier alpha value is -1.29. The number of pyridine rings is 1. The molecule has 14 heavy (non-hydrogen) atoms. The summed E-state index contributed by atoms with van der Waals surface area (Å²) in [6.07, 6.45) is 1.55. The second kappa shape index (κ2) is 4.81. The van der Waals surface area contributed by atoms with Crippen LogP contribution in [-0.4, -0.2) is 22.9 Å². The smallest absolute Gasteiger partial charge is 0.251 e. The van der Waals surface area contributed by atoms with Crippen molar-refractivity contribution >= 4 is 17.5 Å². The highest BCUT2D eigenvalue weighted by molar-refractivity contribution is 6.18. The van der Waals surface area contributed by atoms with Crippen molar-refractivity contribution in [2.75, 3.05) is 12.4 Å². The van der Waals surface area contributed by atoms with Gasteiger partial charge in [-0.05, 0) is 6.07 Å². The van der Waals surface area contributed by atoms with E-state index < -0.39 is 0 Å². The van der Waals surface area contributed by atoms with E-state index in [0.29, 0.717) is 18.0 Å². The molecule has 0 saturated carbocycles. The summed E-state index contributed by atoms with van der Waals surface area (Å²) >= 11 is 5.41. The highest BCUT2D eigenvalue weighted by atomic mass is 35.5. The molecule has 4 nitrogen and oxygen atoms in total.